The van der Waals surface area contributed by atoms with Gasteiger partial charge in [-0.05, 0) is 62.7 Å². The van der Waals surface area contributed by atoms with Gasteiger partial charge in [-0.3, -0.25) is 9.36 Å². The zero-order valence-electron chi connectivity index (χ0n) is 24.0. The molecule has 1 aliphatic rings. The van der Waals surface area contributed by atoms with Crippen molar-refractivity contribution in [1.29, 1.82) is 0 Å². The molecule has 0 spiro atoms. The number of allylic oxidation sites excluding steroid dienone is 1. The van der Waals surface area contributed by atoms with E-state index in [4.69, 9.17) is 13.9 Å². The summed E-state index contributed by atoms with van der Waals surface area (Å²) >= 11 is 1.23. The maximum Gasteiger partial charge on any atom is 0.338 e. The molecule has 2 aromatic heterocycles. The summed E-state index contributed by atoms with van der Waals surface area (Å²) in [5.41, 5.74) is 3.56. The molecule has 1 aliphatic heterocycles. The van der Waals surface area contributed by atoms with Gasteiger partial charge in [0.15, 0.2) is 4.80 Å². The molecule has 4 aromatic rings. The van der Waals surface area contributed by atoms with E-state index in [9.17, 15) is 14.4 Å². The average molecular weight is 586 g/mol. The Morgan fingerprint density at radius 1 is 0.976 bits per heavy atom. The average Bonchev–Trinajstić information content (AvgIpc) is 3.57. The van der Waals surface area contributed by atoms with Gasteiger partial charge in [0.1, 0.15) is 11.5 Å². The number of aromatic nitrogens is 1. The summed E-state index contributed by atoms with van der Waals surface area (Å²) in [6, 6.07) is 17.6. The lowest BCUT2D eigenvalue weighted by Crippen LogP contribution is -2.39. The molecule has 1 unspecified atom stereocenters. The first-order valence-electron chi connectivity index (χ1n) is 13.6. The van der Waals surface area contributed by atoms with E-state index in [1.54, 1.807) is 67.8 Å². The smallest absolute Gasteiger partial charge is 0.338 e. The first kappa shape index (κ1) is 28.8. The van der Waals surface area contributed by atoms with Crippen LogP contribution in [0, 0.1) is 0 Å². The quantitative estimate of drug-likeness (QED) is 0.284. The maximum atomic E-state index is 13.9. The van der Waals surface area contributed by atoms with Gasteiger partial charge < -0.3 is 18.8 Å². The number of nitrogens with zero attached hydrogens (tertiary/aromatic N) is 3. The molecule has 3 heterocycles. The first-order valence-corrected chi connectivity index (χ1v) is 14.4. The number of ether oxygens (including phenoxy) is 2. The van der Waals surface area contributed by atoms with Crippen molar-refractivity contribution in [3.8, 4) is 11.3 Å². The van der Waals surface area contributed by atoms with E-state index in [1.165, 1.54) is 11.3 Å². The third kappa shape index (κ3) is 5.58. The highest BCUT2D eigenvalue weighted by atomic mass is 32.1. The van der Waals surface area contributed by atoms with Gasteiger partial charge in [-0.2, -0.15) is 0 Å². The molecular weight excluding hydrogens is 554 g/mol. The van der Waals surface area contributed by atoms with Crippen LogP contribution in [0.2, 0.25) is 0 Å². The Kier molecular flexibility index (Phi) is 8.26. The number of hydrogen-bond donors (Lipinski definition) is 0. The second-order valence-corrected chi connectivity index (χ2v) is 10.8. The normalized spacial score (nSPS) is 14.8. The predicted molar refractivity (Wildman–Crippen MR) is 161 cm³/mol. The van der Waals surface area contributed by atoms with Crippen LogP contribution >= 0.6 is 11.3 Å². The number of rotatable bonds is 8. The van der Waals surface area contributed by atoms with E-state index < -0.39 is 12.0 Å². The van der Waals surface area contributed by atoms with Gasteiger partial charge >= 0.3 is 11.9 Å². The summed E-state index contributed by atoms with van der Waals surface area (Å²) in [6.45, 7) is 5.78. The summed E-state index contributed by atoms with van der Waals surface area (Å²) in [4.78, 5) is 46.0. The molecule has 10 heteroatoms. The van der Waals surface area contributed by atoms with Crippen molar-refractivity contribution in [2.45, 2.75) is 26.8 Å². The number of hydrogen-bond acceptors (Lipinski definition) is 9. The van der Waals surface area contributed by atoms with Crippen molar-refractivity contribution >= 4 is 35.0 Å². The monoisotopic (exact) mass is 585 g/mol. The molecule has 2 aromatic carbocycles. The highest BCUT2D eigenvalue weighted by Crippen LogP contribution is 2.31. The fourth-order valence-corrected chi connectivity index (χ4v) is 5.79. The number of thiazole rings is 1. The van der Waals surface area contributed by atoms with Crippen LogP contribution in [0.5, 0.6) is 0 Å². The SMILES string of the molecule is CCOC(=O)C1=C(C)N=c2s/c(=C\c3ccc(-c4ccc(C(=O)OCC)cc4)o3)c(=O)n2C1c1ccc(N(C)C)cc1. The Morgan fingerprint density at radius 2 is 1.64 bits per heavy atom. The van der Waals surface area contributed by atoms with Gasteiger partial charge in [-0.15, -0.1) is 0 Å². The minimum absolute atomic E-state index is 0.207. The second-order valence-electron chi connectivity index (χ2n) is 9.79. The summed E-state index contributed by atoms with van der Waals surface area (Å²) in [5.74, 6) is 0.189. The largest absolute Gasteiger partial charge is 0.463 e. The van der Waals surface area contributed by atoms with E-state index in [0.29, 0.717) is 44.3 Å². The number of anilines is 1. The molecule has 1 atom stereocenters. The van der Waals surface area contributed by atoms with Gasteiger partial charge in [0, 0.05) is 31.4 Å². The molecule has 9 nitrogen and oxygen atoms in total. The predicted octanol–water partition coefficient (Wildman–Crippen LogP) is 4.30. The number of esters is 2. The van der Waals surface area contributed by atoms with Crippen LogP contribution in [-0.2, 0) is 14.3 Å². The van der Waals surface area contributed by atoms with Gasteiger partial charge in [0.05, 0.1) is 40.6 Å². The summed E-state index contributed by atoms with van der Waals surface area (Å²) < 4.78 is 18.4. The van der Waals surface area contributed by atoms with Crippen LogP contribution in [0.15, 0.2) is 86.1 Å². The third-order valence-corrected chi connectivity index (χ3v) is 7.81. The number of furan rings is 1. The summed E-state index contributed by atoms with van der Waals surface area (Å²) in [6.07, 6.45) is 1.68. The molecule has 0 bridgehead atoms. The maximum absolute atomic E-state index is 13.9. The number of benzene rings is 2. The van der Waals surface area contributed by atoms with E-state index in [0.717, 1.165) is 16.8 Å². The first-order chi connectivity index (χ1) is 20.2. The Balaban J connectivity index is 1.55. The molecule has 0 fully saturated rings. The van der Waals surface area contributed by atoms with Crippen LogP contribution in [0.3, 0.4) is 0 Å². The van der Waals surface area contributed by atoms with Crippen molar-refractivity contribution in [3.05, 3.63) is 109 Å². The molecule has 0 radical (unpaired) electrons. The fraction of sp³-hybridized carbons (Fsp3) is 0.250. The second kappa shape index (κ2) is 12.0. The molecule has 216 valence electrons. The molecule has 0 saturated heterocycles. The van der Waals surface area contributed by atoms with Crippen LogP contribution in [0.1, 0.15) is 48.5 Å². The van der Waals surface area contributed by atoms with Gasteiger partial charge in [0.2, 0.25) is 0 Å². The minimum atomic E-state index is -0.691. The molecule has 0 saturated carbocycles. The molecule has 0 amide bonds. The lowest BCUT2D eigenvalue weighted by atomic mass is 9.95. The van der Waals surface area contributed by atoms with Crippen LogP contribution in [0.4, 0.5) is 5.69 Å². The van der Waals surface area contributed by atoms with Crippen molar-refractivity contribution in [2.75, 3.05) is 32.2 Å². The van der Waals surface area contributed by atoms with Crippen LogP contribution in [-0.4, -0.2) is 43.8 Å². The van der Waals surface area contributed by atoms with Crippen molar-refractivity contribution in [1.82, 2.24) is 4.57 Å². The van der Waals surface area contributed by atoms with E-state index in [2.05, 4.69) is 4.99 Å². The Bertz CT molecular complexity index is 1840. The Morgan fingerprint density at radius 3 is 2.29 bits per heavy atom. The highest BCUT2D eigenvalue weighted by Gasteiger charge is 2.33. The summed E-state index contributed by atoms with van der Waals surface area (Å²) in [7, 11) is 3.90. The lowest BCUT2D eigenvalue weighted by Gasteiger charge is -2.25. The lowest BCUT2D eigenvalue weighted by molar-refractivity contribution is -0.139. The number of carbonyl (C=O) groups is 2. The molecule has 5 rings (SSSR count). The third-order valence-electron chi connectivity index (χ3n) is 6.82. The van der Waals surface area contributed by atoms with Gasteiger partial charge in [-0.1, -0.05) is 35.6 Å². The number of carbonyl (C=O) groups excluding carboxylic acids is 2. The molecule has 42 heavy (non-hydrogen) atoms. The molecular formula is C32H31N3O6S. The Hall–Kier alpha value is -4.70. The van der Waals surface area contributed by atoms with Crippen LogP contribution < -0.4 is 19.8 Å². The van der Waals surface area contributed by atoms with E-state index >= 15 is 0 Å². The van der Waals surface area contributed by atoms with Crippen LogP contribution in [0.25, 0.3) is 17.4 Å². The van der Waals surface area contributed by atoms with E-state index in [-0.39, 0.29) is 18.1 Å². The fourth-order valence-electron chi connectivity index (χ4n) is 4.76. The Labute approximate surface area is 246 Å². The van der Waals surface area contributed by atoms with Gasteiger partial charge in [-0.25, -0.2) is 14.6 Å². The topological polar surface area (TPSA) is 103 Å². The zero-order chi connectivity index (χ0) is 30.0. The standard InChI is InChI=1S/C32H31N3O6S/c1-6-39-30(37)22-10-8-20(9-11-22)25-17-16-24(41-25)18-26-29(36)35-28(21-12-14-23(15-13-21)34(4)5)27(31(38)40-7-2)19(3)33-32(35)42-26/h8-18,28H,6-7H2,1-5H3/b26-18-. The van der Waals surface area contributed by atoms with Crippen molar-refractivity contribution in [3.63, 3.8) is 0 Å². The van der Waals surface area contributed by atoms with Crippen molar-refractivity contribution < 1.29 is 23.5 Å². The van der Waals surface area contributed by atoms with E-state index in [1.807, 2.05) is 43.3 Å². The molecule has 0 N–H and O–H groups in total. The van der Waals surface area contributed by atoms with Crippen molar-refractivity contribution in [2.24, 2.45) is 4.99 Å². The zero-order valence-corrected chi connectivity index (χ0v) is 24.9. The highest BCUT2D eigenvalue weighted by molar-refractivity contribution is 7.07. The molecule has 0 aliphatic carbocycles. The van der Waals surface area contributed by atoms with Gasteiger partial charge in [0.25, 0.3) is 5.56 Å². The summed E-state index contributed by atoms with van der Waals surface area (Å²) in [5, 5.41) is 0. The minimum Gasteiger partial charge on any atom is -0.463 e. The number of fused-ring (bicyclic) bond motifs is 1.